The Balaban J connectivity index is 2.12. The summed E-state index contributed by atoms with van der Waals surface area (Å²) in [6, 6.07) is 0. The zero-order chi connectivity index (χ0) is 15.0. The van der Waals surface area contributed by atoms with Gasteiger partial charge < -0.3 is 10.2 Å². The number of aliphatic carboxylic acids is 1. The molecule has 0 amide bonds. The first-order chi connectivity index (χ1) is 9.21. The van der Waals surface area contributed by atoms with Gasteiger partial charge in [0.05, 0.1) is 24.8 Å². The molecule has 1 atom stereocenters. The van der Waals surface area contributed by atoms with Crippen molar-refractivity contribution in [3.8, 4) is 0 Å². The van der Waals surface area contributed by atoms with Gasteiger partial charge in [-0.25, -0.2) is 8.42 Å². The van der Waals surface area contributed by atoms with Crippen LogP contribution in [0, 0.1) is 0 Å². The van der Waals surface area contributed by atoms with E-state index >= 15 is 0 Å². The number of hydrogen-bond donors (Lipinski definition) is 2. The van der Waals surface area contributed by atoms with E-state index in [-0.39, 0.29) is 31.0 Å². The van der Waals surface area contributed by atoms with E-state index in [1.807, 2.05) is 0 Å². The minimum absolute atomic E-state index is 0.0144. The zero-order valence-corrected chi connectivity index (χ0v) is 11.9. The maximum atomic E-state index is 12.3. The number of aliphatic hydroxyl groups is 1. The van der Waals surface area contributed by atoms with Crippen LogP contribution in [0.4, 0.5) is 0 Å². The Kier molecular flexibility index (Phi) is 3.85. The second-order valence-electron chi connectivity index (χ2n) is 5.17. The van der Waals surface area contributed by atoms with Gasteiger partial charge in [0.2, 0.25) is 10.0 Å². The van der Waals surface area contributed by atoms with Crippen molar-refractivity contribution in [3.05, 3.63) is 12.4 Å². The molecule has 9 heteroatoms. The predicted molar refractivity (Wildman–Crippen MR) is 68.5 cm³/mol. The number of nitrogens with zero attached hydrogens (tertiary/aromatic N) is 3. The summed E-state index contributed by atoms with van der Waals surface area (Å²) in [5, 5.41) is 22.3. The second kappa shape index (κ2) is 5.15. The van der Waals surface area contributed by atoms with Crippen LogP contribution < -0.4 is 0 Å². The van der Waals surface area contributed by atoms with Crippen LogP contribution in [-0.4, -0.2) is 57.4 Å². The third kappa shape index (κ3) is 3.17. The average molecular weight is 303 g/mol. The van der Waals surface area contributed by atoms with Crippen molar-refractivity contribution >= 4 is 16.0 Å². The minimum atomic E-state index is -3.68. The summed E-state index contributed by atoms with van der Waals surface area (Å²) in [7, 11) is -3.68. The molecule has 2 rings (SSSR count). The minimum Gasteiger partial charge on any atom is -0.481 e. The predicted octanol–water partition coefficient (Wildman–Crippen LogP) is -0.497. The molecule has 2 N–H and O–H groups in total. The highest BCUT2D eigenvalue weighted by atomic mass is 32.2. The number of rotatable bonds is 5. The van der Waals surface area contributed by atoms with Crippen LogP contribution in [0.3, 0.4) is 0 Å². The van der Waals surface area contributed by atoms with Gasteiger partial charge in [-0.2, -0.15) is 9.40 Å². The van der Waals surface area contributed by atoms with Crippen LogP contribution in [0.25, 0.3) is 0 Å². The lowest BCUT2D eigenvalue weighted by atomic mass is 10.1. The first-order valence-electron chi connectivity index (χ1n) is 6.17. The van der Waals surface area contributed by atoms with Crippen LogP contribution in [0.5, 0.6) is 0 Å². The van der Waals surface area contributed by atoms with E-state index in [0.717, 1.165) is 0 Å². The van der Waals surface area contributed by atoms with Crippen LogP contribution in [0.2, 0.25) is 0 Å². The van der Waals surface area contributed by atoms with Gasteiger partial charge >= 0.3 is 5.97 Å². The summed E-state index contributed by atoms with van der Waals surface area (Å²) >= 11 is 0. The highest BCUT2D eigenvalue weighted by Crippen LogP contribution is 2.26. The molecule has 1 unspecified atom stereocenters. The van der Waals surface area contributed by atoms with E-state index in [0.29, 0.717) is 6.42 Å². The van der Waals surface area contributed by atoms with E-state index < -0.39 is 21.6 Å². The second-order valence-corrected chi connectivity index (χ2v) is 7.11. The Morgan fingerprint density at radius 2 is 2.25 bits per heavy atom. The Hall–Kier alpha value is -1.45. The molecule has 0 saturated carbocycles. The molecule has 20 heavy (non-hydrogen) atoms. The third-order valence-corrected chi connectivity index (χ3v) is 5.02. The molecule has 0 spiro atoms. The number of hydrogen-bond acceptors (Lipinski definition) is 5. The van der Waals surface area contributed by atoms with Crippen molar-refractivity contribution in [2.75, 3.05) is 13.1 Å². The quantitative estimate of drug-likeness (QED) is 0.758. The van der Waals surface area contributed by atoms with E-state index in [1.54, 1.807) is 6.92 Å². The smallest absolute Gasteiger partial charge is 0.305 e. The van der Waals surface area contributed by atoms with Gasteiger partial charge in [-0.1, -0.05) is 0 Å². The molecule has 0 bridgehead atoms. The van der Waals surface area contributed by atoms with Gasteiger partial charge in [0.25, 0.3) is 0 Å². The number of aryl methyl sites for hydroxylation is 1. The molecule has 0 aliphatic carbocycles. The molecular weight excluding hydrogens is 286 g/mol. The summed E-state index contributed by atoms with van der Waals surface area (Å²) in [4.78, 5) is 10.5. The number of carboxylic acid groups (broad SMARTS) is 1. The Bertz CT molecular complexity index is 607. The highest BCUT2D eigenvalue weighted by molar-refractivity contribution is 7.89. The maximum absolute atomic E-state index is 12.3. The fourth-order valence-corrected chi connectivity index (χ4v) is 3.58. The normalized spacial score (nSPS) is 24.1. The largest absolute Gasteiger partial charge is 0.481 e. The van der Waals surface area contributed by atoms with Crippen molar-refractivity contribution in [1.82, 2.24) is 14.1 Å². The standard InChI is InChI=1S/C11H17N3O5S/c1-11(17)3-5-14(8-11)20(18,19)9-6-12-13(7-9)4-2-10(15)16/h6-7,17H,2-5,8H2,1H3,(H,15,16). The number of aromatic nitrogens is 2. The molecule has 8 nitrogen and oxygen atoms in total. The molecule has 1 aliphatic rings. The lowest BCUT2D eigenvalue weighted by molar-refractivity contribution is -0.137. The summed E-state index contributed by atoms with van der Waals surface area (Å²) in [5.74, 6) is -0.972. The average Bonchev–Trinajstić information content (AvgIpc) is 2.93. The summed E-state index contributed by atoms with van der Waals surface area (Å²) in [5.41, 5.74) is -1.01. The molecule has 1 aromatic heterocycles. The topological polar surface area (TPSA) is 113 Å². The Labute approximate surface area is 116 Å². The van der Waals surface area contributed by atoms with Gasteiger partial charge in [-0.3, -0.25) is 9.48 Å². The van der Waals surface area contributed by atoms with Crippen LogP contribution >= 0.6 is 0 Å². The zero-order valence-electron chi connectivity index (χ0n) is 11.1. The first kappa shape index (κ1) is 14.9. The lowest BCUT2D eigenvalue weighted by Crippen LogP contribution is -2.33. The summed E-state index contributed by atoms with van der Waals surface area (Å²) < 4.78 is 27.1. The van der Waals surface area contributed by atoms with Gasteiger partial charge in [-0.15, -0.1) is 0 Å². The van der Waals surface area contributed by atoms with Gasteiger partial charge in [0.15, 0.2) is 0 Å². The van der Waals surface area contributed by atoms with Gasteiger partial charge in [0, 0.05) is 19.3 Å². The van der Waals surface area contributed by atoms with Crippen molar-refractivity contribution in [2.24, 2.45) is 0 Å². The van der Waals surface area contributed by atoms with Gasteiger partial charge in [-0.05, 0) is 13.3 Å². The molecule has 112 valence electrons. The van der Waals surface area contributed by atoms with Crippen LogP contribution in [0.15, 0.2) is 17.3 Å². The van der Waals surface area contributed by atoms with Crippen molar-refractivity contribution in [3.63, 3.8) is 0 Å². The van der Waals surface area contributed by atoms with E-state index in [1.165, 1.54) is 21.4 Å². The molecule has 0 radical (unpaired) electrons. The van der Waals surface area contributed by atoms with E-state index in [4.69, 9.17) is 5.11 Å². The molecule has 2 heterocycles. The van der Waals surface area contributed by atoms with E-state index in [9.17, 15) is 18.3 Å². The number of β-amino-alcohol motifs (C(OH)–C–C–N with tert-alkyl or cyclic N) is 1. The fraction of sp³-hybridized carbons (Fsp3) is 0.636. The van der Waals surface area contributed by atoms with E-state index in [2.05, 4.69) is 5.10 Å². The molecule has 1 aliphatic heterocycles. The Morgan fingerprint density at radius 1 is 1.55 bits per heavy atom. The summed E-state index contributed by atoms with van der Waals surface area (Å²) in [6.07, 6.45) is 2.77. The van der Waals surface area contributed by atoms with Crippen molar-refractivity contribution in [1.29, 1.82) is 0 Å². The monoisotopic (exact) mass is 303 g/mol. The Morgan fingerprint density at radius 3 is 2.80 bits per heavy atom. The number of carboxylic acids is 1. The van der Waals surface area contributed by atoms with Crippen LogP contribution in [-0.2, 0) is 21.4 Å². The van der Waals surface area contributed by atoms with Gasteiger partial charge in [0.1, 0.15) is 4.90 Å². The number of sulfonamides is 1. The lowest BCUT2D eigenvalue weighted by Gasteiger charge is -2.17. The molecule has 1 aromatic rings. The molecule has 1 fully saturated rings. The highest BCUT2D eigenvalue weighted by Gasteiger charge is 2.38. The molecule has 0 aromatic carbocycles. The molecule has 1 saturated heterocycles. The SMILES string of the molecule is CC1(O)CCN(S(=O)(=O)c2cnn(CCC(=O)O)c2)C1. The summed E-state index contributed by atoms with van der Waals surface area (Å²) in [6.45, 7) is 2.02. The van der Waals surface area contributed by atoms with Crippen molar-refractivity contribution in [2.45, 2.75) is 36.8 Å². The third-order valence-electron chi connectivity index (χ3n) is 3.22. The first-order valence-corrected chi connectivity index (χ1v) is 7.61. The molecular formula is C11H17N3O5S. The number of carbonyl (C=O) groups is 1. The maximum Gasteiger partial charge on any atom is 0.305 e. The fourth-order valence-electron chi connectivity index (χ4n) is 2.07. The van der Waals surface area contributed by atoms with Crippen molar-refractivity contribution < 1.29 is 23.4 Å². The van der Waals surface area contributed by atoms with Crippen LogP contribution in [0.1, 0.15) is 19.8 Å².